The molecule has 2 bridgehead atoms. The van der Waals surface area contributed by atoms with Gasteiger partial charge in [-0.15, -0.1) is 23.2 Å². The molecule has 3 aliphatic carbocycles. The van der Waals surface area contributed by atoms with Crippen molar-refractivity contribution < 1.29 is 14.3 Å². The summed E-state index contributed by atoms with van der Waals surface area (Å²) >= 11 is 39.0. The first-order valence-corrected chi connectivity index (χ1v) is 8.92. The van der Waals surface area contributed by atoms with Gasteiger partial charge in [-0.05, 0) is 24.7 Å². The first kappa shape index (κ1) is 16.1. The van der Waals surface area contributed by atoms with E-state index in [4.69, 9.17) is 74.3 Å². The van der Waals surface area contributed by atoms with Crippen LogP contribution in [0.1, 0.15) is 12.8 Å². The second-order valence-corrected chi connectivity index (χ2v) is 9.54. The average molecular weight is 425 g/mol. The summed E-state index contributed by atoms with van der Waals surface area (Å²) < 4.78 is 3.10. The third-order valence-corrected chi connectivity index (χ3v) is 9.91. The van der Waals surface area contributed by atoms with Gasteiger partial charge < -0.3 is 4.74 Å². The van der Waals surface area contributed by atoms with Crippen LogP contribution >= 0.6 is 69.6 Å². The minimum absolute atomic E-state index is 0.119. The normalized spacial score (nSPS) is 51.9. The van der Waals surface area contributed by atoms with E-state index in [1.165, 1.54) is 0 Å². The molecule has 4 rings (SSSR count). The number of alkyl halides is 4. The summed E-state index contributed by atoms with van der Waals surface area (Å²) in [6.45, 7) is 0. The Labute approximate surface area is 156 Å². The third-order valence-electron chi connectivity index (χ3n) is 5.56. The minimum atomic E-state index is -1.63. The lowest BCUT2D eigenvalue weighted by Gasteiger charge is -2.42. The zero-order valence-corrected chi connectivity index (χ0v) is 15.3. The zero-order chi connectivity index (χ0) is 16.2. The van der Waals surface area contributed by atoms with Crippen LogP contribution in [-0.4, -0.2) is 26.0 Å². The van der Waals surface area contributed by atoms with E-state index >= 15 is 0 Å². The number of hydrogen-bond acceptors (Lipinski definition) is 3. The Morgan fingerprint density at radius 1 is 0.818 bits per heavy atom. The number of rotatable bonds is 0. The summed E-state index contributed by atoms with van der Waals surface area (Å²) in [6, 6.07) is 0. The Balaban J connectivity index is 1.87. The van der Waals surface area contributed by atoms with Gasteiger partial charge in [0.15, 0.2) is 4.33 Å². The van der Waals surface area contributed by atoms with Crippen LogP contribution in [0.4, 0.5) is 0 Å². The van der Waals surface area contributed by atoms with Crippen LogP contribution in [0.3, 0.4) is 0 Å². The van der Waals surface area contributed by atoms with Crippen molar-refractivity contribution in [3.63, 3.8) is 0 Å². The fourth-order valence-electron chi connectivity index (χ4n) is 4.51. The van der Waals surface area contributed by atoms with Crippen molar-refractivity contribution in [3.8, 4) is 0 Å². The molecule has 4 aliphatic rings. The highest BCUT2D eigenvalue weighted by molar-refractivity contribution is 6.65. The Morgan fingerprint density at radius 3 is 1.55 bits per heavy atom. The van der Waals surface area contributed by atoms with Crippen molar-refractivity contribution in [3.05, 3.63) is 10.1 Å². The highest BCUT2D eigenvalue weighted by Gasteiger charge is 2.83. The molecule has 0 aromatic carbocycles. The van der Waals surface area contributed by atoms with Gasteiger partial charge in [-0.1, -0.05) is 46.4 Å². The fraction of sp³-hybridized carbons (Fsp3) is 0.692. The standard InChI is InChI=1S/C13H8Cl6O3/c14-7-8(15)12(17)6-2-4-3(9(20)22-10(4)21)1-5(6)11(7,16)13(12,18)19/h3-6H,1-2H2/t3-,4-,5-,6-,11-,12-/m1/s1. The Kier molecular flexibility index (Phi) is 3.23. The molecule has 9 heteroatoms. The molecular weight excluding hydrogens is 417 g/mol. The molecule has 0 radical (unpaired) electrons. The highest BCUT2D eigenvalue weighted by atomic mass is 35.5. The summed E-state index contributed by atoms with van der Waals surface area (Å²) in [7, 11) is 0. The lowest BCUT2D eigenvalue weighted by Crippen LogP contribution is -2.44. The topological polar surface area (TPSA) is 43.4 Å². The summed E-state index contributed by atoms with van der Waals surface area (Å²) in [5.41, 5.74) is 0. The number of hydrogen-bond donors (Lipinski definition) is 0. The maximum atomic E-state index is 11.8. The van der Waals surface area contributed by atoms with Gasteiger partial charge in [0.25, 0.3) is 0 Å². The number of carbonyl (C=O) groups is 2. The average Bonchev–Trinajstić information content (AvgIpc) is 2.85. The first-order chi connectivity index (χ1) is 10.1. The van der Waals surface area contributed by atoms with Crippen LogP contribution in [0, 0.1) is 23.7 Å². The molecule has 1 aliphatic heterocycles. The molecule has 2 saturated carbocycles. The van der Waals surface area contributed by atoms with Gasteiger partial charge in [0, 0.05) is 0 Å². The first-order valence-electron chi connectivity index (χ1n) is 6.65. The number of cyclic esters (lactones) is 2. The summed E-state index contributed by atoms with van der Waals surface area (Å²) in [6.07, 6.45) is 0.582. The Bertz CT molecular complexity index is 608. The molecule has 0 spiro atoms. The maximum absolute atomic E-state index is 11.8. The summed E-state index contributed by atoms with van der Waals surface area (Å²) in [4.78, 5) is 20.9. The molecule has 0 unspecified atom stereocenters. The Hall–Kier alpha value is 0.620. The van der Waals surface area contributed by atoms with Crippen LogP contribution in [0.2, 0.25) is 0 Å². The van der Waals surface area contributed by atoms with Gasteiger partial charge in [-0.25, -0.2) is 0 Å². The number of carbonyl (C=O) groups excluding carboxylic acids is 2. The second kappa shape index (κ2) is 4.42. The molecule has 0 amide bonds. The molecule has 0 aromatic rings. The molecule has 22 heavy (non-hydrogen) atoms. The zero-order valence-electron chi connectivity index (χ0n) is 10.7. The smallest absolute Gasteiger partial charge is 0.317 e. The van der Waals surface area contributed by atoms with Gasteiger partial charge in [0.2, 0.25) is 0 Å². The van der Waals surface area contributed by atoms with E-state index in [9.17, 15) is 9.59 Å². The molecule has 1 saturated heterocycles. The van der Waals surface area contributed by atoms with Gasteiger partial charge in [0.1, 0.15) is 9.75 Å². The third kappa shape index (κ3) is 1.43. The van der Waals surface area contributed by atoms with Gasteiger partial charge in [0.05, 0.1) is 21.9 Å². The molecular formula is C13H8Cl6O3. The summed E-state index contributed by atoms with van der Waals surface area (Å²) in [5.74, 6) is -2.93. The van der Waals surface area contributed by atoms with Crippen molar-refractivity contribution in [2.75, 3.05) is 0 Å². The van der Waals surface area contributed by atoms with E-state index < -0.39 is 37.9 Å². The van der Waals surface area contributed by atoms with Crippen LogP contribution in [0.25, 0.3) is 0 Å². The summed E-state index contributed by atoms with van der Waals surface area (Å²) in [5, 5.41) is 0.237. The number of fused-ring (bicyclic) bond motifs is 6. The number of esters is 2. The Morgan fingerprint density at radius 2 is 1.18 bits per heavy atom. The van der Waals surface area contributed by atoms with Crippen molar-refractivity contribution in [2.24, 2.45) is 23.7 Å². The molecule has 6 atom stereocenters. The van der Waals surface area contributed by atoms with Gasteiger partial charge >= 0.3 is 11.9 Å². The molecule has 120 valence electrons. The largest absolute Gasteiger partial charge is 0.393 e. The SMILES string of the molecule is O=C1OC(=O)[C@@H]2C[C@@H]3[C@@H](C[C@@H]12)[C@@]1(Cl)C(Cl)=C(Cl)[C@@]3(Cl)C1(Cl)Cl. The second-order valence-electron chi connectivity index (χ2n) is 6.26. The van der Waals surface area contributed by atoms with E-state index in [2.05, 4.69) is 0 Å². The number of ether oxygens (including phenoxy) is 1. The van der Waals surface area contributed by atoms with Crippen LogP contribution in [0.15, 0.2) is 10.1 Å². The quantitative estimate of drug-likeness (QED) is 0.333. The molecule has 3 nitrogen and oxygen atoms in total. The minimum Gasteiger partial charge on any atom is -0.393 e. The monoisotopic (exact) mass is 422 g/mol. The van der Waals surface area contributed by atoms with Gasteiger partial charge in [-0.2, -0.15) is 0 Å². The highest BCUT2D eigenvalue weighted by Crippen LogP contribution is 2.79. The number of halogens is 6. The maximum Gasteiger partial charge on any atom is 0.317 e. The van der Waals surface area contributed by atoms with E-state index in [1.54, 1.807) is 0 Å². The van der Waals surface area contributed by atoms with Crippen LogP contribution in [-0.2, 0) is 14.3 Å². The van der Waals surface area contributed by atoms with Crippen molar-refractivity contribution in [2.45, 2.75) is 26.9 Å². The fourth-order valence-corrected chi connectivity index (χ4v) is 7.61. The van der Waals surface area contributed by atoms with E-state index in [0.29, 0.717) is 12.8 Å². The van der Waals surface area contributed by atoms with Gasteiger partial charge in [-0.3, -0.25) is 9.59 Å². The van der Waals surface area contributed by atoms with Crippen LogP contribution < -0.4 is 0 Å². The lowest BCUT2D eigenvalue weighted by atomic mass is 9.65. The molecule has 0 N–H and O–H groups in total. The van der Waals surface area contributed by atoms with E-state index in [1.807, 2.05) is 0 Å². The van der Waals surface area contributed by atoms with Crippen molar-refractivity contribution >= 4 is 81.5 Å². The lowest BCUT2D eigenvalue weighted by molar-refractivity contribution is -0.153. The van der Waals surface area contributed by atoms with Crippen molar-refractivity contribution in [1.82, 2.24) is 0 Å². The number of allylic oxidation sites excluding steroid dienone is 2. The van der Waals surface area contributed by atoms with Crippen molar-refractivity contribution in [1.29, 1.82) is 0 Å². The molecule has 0 aromatic heterocycles. The van der Waals surface area contributed by atoms with E-state index in [-0.39, 0.29) is 21.9 Å². The molecule has 1 heterocycles. The van der Waals surface area contributed by atoms with E-state index in [0.717, 1.165) is 0 Å². The predicted octanol–water partition coefficient (Wildman–Crippen LogP) is 4.17. The predicted molar refractivity (Wildman–Crippen MR) is 84.6 cm³/mol. The van der Waals surface area contributed by atoms with Crippen LogP contribution in [0.5, 0.6) is 0 Å². The molecule has 3 fully saturated rings.